The Labute approximate surface area is 79.8 Å². The predicted molar refractivity (Wildman–Crippen MR) is 50.0 cm³/mol. The monoisotopic (exact) mass is 204 g/mol. The number of carboxylic acids is 1. The minimum absolute atomic E-state index is 0.00926. The Morgan fingerprint density at radius 3 is 2.92 bits per heavy atom. The van der Waals surface area contributed by atoms with Gasteiger partial charge in [0, 0.05) is 10.8 Å². The first-order chi connectivity index (χ1) is 5.61. The van der Waals surface area contributed by atoms with Gasteiger partial charge < -0.3 is 5.11 Å². The molecule has 0 fully saturated rings. The second-order valence-corrected chi connectivity index (χ2v) is 3.99. The van der Waals surface area contributed by atoms with Crippen molar-refractivity contribution >= 4 is 28.9 Å². The maximum Gasteiger partial charge on any atom is 0.303 e. The van der Waals surface area contributed by atoms with Crippen molar-refractivity contribution in [3.05, 3.63) is 21.3 Å². The van der Waals surface area contributed by atoms with Crippen LogP contribution in [0.1, 0.15) is 24.1 Å². The zero-order valence-electron chi connectivity index (χ0n) is 6.58. The quantitative estimate of drug-likeness (QED) is 0.822. The number of aliphatic carboxylic acids is 1. The molecule has 0 saturated heterocycles. The van der Waals surface area contributed by atoms with E-state index in [0.717, 1.165) is 4.88 Å². The van der Waals surface area contributed by atoms with Crippen LogP contribution >= 0.6 is 22.9 Å². The van der Waals surface area contributed by atoms with E-state index in [2.05, 4.69) is 0 Å². The first kappa shape index (κ1) is 9.55. The van der Waals surface area contributed by atoms with E-state index in [1.165, 1.54) is 11.3 Å². The molecule has 12 heavy (non-hydrogen) atoms. The Balaban J connectivity index is 2.71. The van der Waals surface area contributed by atoms with E-state index < -0.39 is 5.97 Å². The molecule has 1 aromatic rings. The van der Waals surface area contributed by atoms with Crippen LogP contribution in [0.4, 0.5) is 0 Å². The molecule has 0 spiro atoms. The predicted octanol–water partition coefficient (Wildman–Crippen LogP) is 2.98. The number of thiophene rings is 1. The molecule has 1 atom stereocenters. The zero-order chi connectivity index (χ0) is 9.14. The summed E-state index contributed by atoms with van der Waals surface area (Å²) in [4.78, 5) is 11.3. The molecular weight excluding hydrogens is 196 g/mol. The molecule has 66 valence electrons. The number of rotatable bonds is 3. The summed E-state index contributed by atoms with van der Waals surface area (Å²) in [6.45, 7) is 1.87. The molecule has 4 heteroatoms. The van der Waals surface area contributed by atoms with Gasteiger partial charge in [-0.1, -0.05) is 18.5 Å². The largest absolute Gasteiger partial charge is 0.481 e. The molecule has 0 aromatic carbocycles. The summed E-state index contributed by atoms with van der Waals surface area (Å²) in [6, 6.07) is 1.79. The third kappa shape index (κ3) is 2.22. The second-order valence-electron chi connectivity index (χ2n) is 2.63. The van der Waals surface area contributed by atoms with Crippen molar-refractivity contribution in [1.29, 1.82) is 0 Å². The maximum atomic E-state index is 10.4. The Kier molecular flexibility index (Phi) is 3.12. The summed E-state index contributed by atoms with van der Waals surface area (Å²) < 4.78 is 0. The number of hydrogen-bond donors (Lipinski definition) is 1. The lowest BCUT2D eigenvalue weighted by Gasteiger charge is -2.05. The van der Waals surface area contributed by atoms with Gasteiger partial charge in [0.1, 0.15) is 0 Å². The lowest BCUT2D eigenvalue weighted by atomic mass is 10.1. The highest BCUT2D eigenvalue weighted by Gasteiger charge is 2.13. The van der Waals surface area contributed by atoms with E-state index in [1.54, 1.807) is 6.07 Å². The van der Waals surface area contributed by atoms with Crippen molar-refractivity contribution in [1.82, 2.24) is 0 Å². The van der Waals surface area contributed by atoms with Gasteiger partial charge in [0.15, 0.2) is 0 Å². The molecule has 1 aromatic heterocycles. The van der Waals surface area contributed by atoms with Gasteiger partial charge in [-0.3, -0.25) is 4.79 Å². The summed E-state index contributed by atoms with van der Waals surface area (Å²) in [5.74, 6) is -0.776. The van der Waals surface area contributed by atoms with Crippen LogP contribution in [0.3, 0.4) is 0 Å². The van der Waals surface area contributed by atoms with E-state index in [0.29, 0.717) is 5.02 Å². The maximum absolute atomic E-state index is 10.4. The Morgan fingerprint density at radius 2 is 2.50 bits per heavy atom. The third-order valence-electron chi connectivity index (χ3n) is 1.57. The smallest absolute Gasteiger partial charge is 0.303 e. The molecule has 0 saturated carbocycles. The lowest BCUT2D eigenvalue weighted by Crippen LogP contribution is -2.01. The summed E-state index contributed by atoms with van der Waals surface area (Å²) in [7, 11) is 0. The molecule has 1 heterocycles. The molecule has 0 aliphatic carbocycles. The second kappa shape index (κ2) is 3.92. The SMILES string of the molecule is CC(CC(=O)O)c1sccc1Cl. The number of carboxylic acid groups (broad SMARTS) is 1. The molecule has 0 aliphatic heterocycles. The van der Waals surface area contributed by atoms with Crippen LogP contribution in [0.2, 0.25) is 5.02 Å². The Bertz CT molecular complexity index is 282. The molecule has 1 rings (SSSR count). The Hall–Kier alpha value is -0.540. The summed E-state index contributed by atoms with van der Waals surface area (Å²) in [5.41, 5.74) is 0. The fraction of sp³-hybridized carbons (Fsp3) is 0.375. The van der Waals surface area contributed by atoms with E-state index >= 15 is 0 Å². The molecule has 0 aliphatic rings. The van der Waals surface area contributed by atoms with Crippen LogP contribution in [-0.2, 0) is 4.79 Å². The number of hydrogen-bond acceptors (Lipinski definition) is 2. The van der Waals surface area contributed by atoms with Gasteiger partial charge >= 0.3 is 5.97 Å². The Morgan fingerprint density at radius 1 is 1.83 bits per heavy atom. The van der Waals surface area contributed by atoms with Gasteiger partial charge in [-0.25, -0.2) is 0 Å². The van der Waals surface area contributed by atoms with Crippen LogP contribution in [0.15, 0.2) is 11.4 Å². The molecule has 0 radical (unpaired) electrons. The summed E-state index contributed by atoms with van der Waals surface area (Å²) >= 11 is 7.34. The number of carbonyl (C=O) groups is 1. The molecule has 1 N–H and O–H groups in total. The van der Waals surface area contributed by atoms with Crippen molar-refractivity contribution in [2.24, 2.45) is 0 Å². The lowest BCUT2D eigenvalue weighted by molar-refractivity contribution is -0.137. The van der Waals surface area contributed by atoms with E-state index in [-0.39, 0.29) is 12.3 Å². The molecular formula is C8H9ClO2S. The van der Waals surface area contributed by atoms with Crippen molar-refractivity contribution in [3.63, 3.8) is 0 Å². The van der Waals surface area contributed by atoms with Gasteiger partial charge in [0.05, 0.1) is 11.4 Å². The van der Waals surface area contributed by atoms with E-state index in [9.17, 15) is 4.79 Å². The molecule has 1 unspecified atom stereocenters. The average Bonchev–Trinajstić information content (AvgIpc) is 2.33. The van der Waals surface area contributed by atoms with E-state index in [1.807, 2.05) is 12.3 Å². The third-order valence-corrected chi connectivity index (χ3v) is 3.16. The minimum Gasteiger partial charge on any atom is -0.481 e. The van der Waals surface area contributed by atoms with Crippen molar-refractivity contribution < 1.29 is 9.90 Å². The normalized spacial score (nSPS) is 12.8. The highest BCUT2D eigenvalue weighted by Crippen LogP contribution is 2.31. The standard InChI is InChI=1S/C8H9ClO2S/c1-5(4-7(10)11)8-6(9)2-3-12-8/h2-3,5H,4H2,1H3,(H,10,11). The van der Waals surface area contributed by atoms with Crippen LogP contribution in [0, 0.1) is 0 Å². The van der Waals surface area contributed by atoms with Gasteiger partial charge in [0.2, 0.25) is 0 Å². The summed E-state index contributed by atoms with van der Waals surface area (Å²) in [5, 5.41) is 11.1. The topological polar surface area (TPSA) is 37.3 Å². The van der Waals surface area contributed by atoms with Crippen LogP contribution in [-0.4, -0.2) is 11.1 Å². The molecule has 0 bridgehead atoms. The molecule has 0 amide bonds. The van der Waals surface area contributed by atoms with E-state index in [4.69, 9.17) is 16.7 Å². The number of halogens is 1. The highest BCUT2D eigenvalue weighted by molar-refractivity contribution is 7.10. The van der Waals surface area contributed by atoms with Gasteiger partial charge in [-0.05, 0) is 11.4 Å². The fourth-order valence-electron chi connectivity index (χ4n) is 1.01. The van der Waals surface area contributed by atoms with Gasteiger partial charge in [-0.2, -0.15) is 0 Å². The summed E-state index contributed by atoms with van der Waals surface area (Å²) in [6.07, 6.45) is 0.139. The van der Waals surface area contributed by atoms with Crippen LogP contribution in [0.25, 0.3) is 0 Å². The average molecular weight is 205 g/mol. The van der Waals surface area contributed by atoms with Crippen molar-refractivity contribution in [3.8, 4) is 0 Å². The molecule has 2 nitrogen and oxygen atoms in total. The highest BCUT2D eigenvalue weighted by atomic mass is 35.5. The first-order valence-corrected chi connectivity index (χ1v) is 4.81. The minimum atomic E-state index is -0.785. The van der Waals surface area contributed by atoms with Crippen LogP contribution in [0.5, 0.6) is 0 Å². The van der Waals surface area contributed by atoms with Crippen molar-refractivity contribution in [2.45, 2.75) is 19.3 Å². The fourth-order valence-corrected chi connectivity index (χ4v) is 2.32. The van der Waals surface area contributed by atoms with Gasteiger partial charge in [-0.15, -0.1) is 11.3 Å². The van der Waals surface area contributed by atoms with Crippen molar-refractivity contribution in [2.75, 3.05) is 0 Å². The zero-order valence-corrected chi connectivity index (χ0v) is 8.15. The first-order valence-electron chi connectivity index (χ1n) is 3.56. The van der Waals surface area contributed by atoms with Gasteiger partial charge in [0.25, 0.3) is 0 Å². The van der Waals surface area contributed by atoms with Crippen LogP contribution < -0.4 is 0 Å².